The molecule has 1 aliphatic carbocycles. The Bertz CT molecular complexity index is 459. The third-order valence-corrected chi connectivity index (χ3v) is 4.22. The van der Waals surface area contributed by atoms with Gasteiger partial charge in [0.2, 0.25) is 11.8 Å². The Kier molecular flexibility index (Phi) is 5.04. The molecule has 2 rings (SSSR count). The average molecular weight is 298 g/mol. The Balaban J connectivity index is 1.92. The van der Waals surface area contributed by atoms with Gasteiger partial charge in [-0.1, -0.05) is 18.7 Å². The van der Waals surface area contributed by atoms with Crippen LogP contribution >= 0.6 is 11.8 Å². The fraction of sp³-hybridized carbons (Fsp3) is 0.769. The number of carbonyl (C=O) groups excluding carboxylic acids is 1. The van der Waals surface area contributed by atoms with Gasteiger partial charge >= 0.3 is 0 Å². The van der Waals surface area contributed by atoms with E-state index in [0.29, 0.717) is 17.2 Å². The van der Waals surface area contributed by atoms with E-state index in [-0.39, 0.29) is 17.2 Å². The van der Waals surface area contributed by atoms with Crippen LogP contribution in [0, 0.1) is 0 Å². The van der Waals surface area contributed by atoms with Crippen LogP contribution in [-0.4, -0.2) is 46.4 Å². The lowest BCUT2D eigenvalue weighted by molar-refractivity contribution is -0.120. The predicted molar refractivity (Wildman–Crippen MR) is 77.5 cm³/mol. The molecule has 7 heteroatoms. The van der Waals surface area contributed by atoms with Gasteiger partial charge < -0.3 is 9.73 Å². The quantitative estimate of drug-likeness (QED) is 0.775. The van der Waals surface area contributed by atoms with Crippen LogP contribution < -0.4 is 5.32 Å². The number of carbonyl (C=O) groups is 1. The van der Waals surface area contributed by atoms with Gasteiger partial charge in [0.05, 0.1) is 11.3 Å². The van der Waals surface area contributed by atoms with E-state index in [1.54, 1.807) is 0 Å². The molecule has 1 amide bonds. The maximum atomic E-state index is 11.9. The van der Waals surface area contributed by atoms with Gasteiger partial charge in [0.25, 0.3) is 5.22 Å². The third kappa shape index (κ3) is 3.96. The summed E-state index contributed by atoms with van der Waals surface area (Å²) in [5.41, 5.74) is 0. The second-order valence-electron chi connectivity index (χ2n) is 5.34. The molecule has 0 aliphatic heterocycles. The summed E-state index contributed by atoms with van der Waals surface area (Å²) in [6.07, 6.45) is 3.08. The molecular formula is C13H22N4O2S. The fourth-order valence-corrected chi connectivity index (χ4v) is 2.61. The highest BCUT2D eigenvalue weighted by atomic mass is 32.2. The van der Waals surface area contributed by atoms with Gasteiger partial charge in [0, 0.05) is 6.04 Å². The predicted octanol–water partition coefficient (Wildman–Crippen LogP) is 1.84. The van der Waals surface area contributed by atoms with Gasteiger partial charge in [-0.15, -0.1) is 10.2 Å². The Hall–Kier alpha value is -1.08. The van der Waals surface area contributed by atoms with Gasteiger partial charge in [-0.3, -0.25) is 9.69 Å². The Morgan fingerprint density at radius 3 is 2.75 bits per heavy atom. The van der Waals surface area contributed by atoms with Crippen molar-refractivity contribution in [2.75, 3.05) is 14.1 Å². The van der Waals surface area contributed by atoms with E-state index in [1.807, 2.05) is 25.9 Å². The van der Waals surface area contributed by atoms with Crippen molar-refractivity contribution in [2.45, 2.75) is 55.7 Å². The normalized spacial score (nSPS) is 18.1. The number of hydrogen-bond acceptors (Lipinski definition) is 6. The highest BCUT2D eigenvalue weighted by Gasteiger charge is 2.27. The Morgan fingerprint density at radius 1 is 1.50 bits per heavy atom. The molecule has 1 aromatic heterocycles. The molecule has 0 spiro atoms. The van der Waals surface area contributed by atoms with Crippen LogP contribution in [0.5, 0.6) is 0 Å². The van der Waals surface area contributed by atoms with Crippen LogP contribution in [0.2, 0.25) is 0 Å². The van der Waals surface area contributed by atoms with Crippen LogP contribution in [-0.2, 0) is 4.79 Å². The van der Waals surface area contributed by atoms with Crippen molar-refractivity contribution in [1.29, 1.82) is 0 Å². The summed E-state index contributed by atoms with van der Waals surface area (Å²) < 4.78 is 5.66. The summed E-state index contributed by atoms with van der Waals surface area (Å²) >= 11 is 1.31. The van der Waals surface area contributed by atoms with E-state index in [9.17, 15) is 4.79 Å². The second-order valence-corrected chi connectivity index (χ2v) is 6.63. The SMILES string of the molecule is CC[C@H](c1nnc(S[C@@H](C)C(=O)NC2CC2)o1)N(C)C. The van der Waals surface area contributed by atoms with Gasteiger partial charge in [0.15, 0.2) is 0 Å². The summed E-state index contributed by atoms with van der Waals surface area (Å²) in [7, 11) is 3.97. The van der Waals surface area contributed by atoms with Crippen LogP contribution in [0.15, 0.2) is 9.64 Å². The standard InChI is InChI=1S/C13H22N4O2S/c1-5-10(17(3)4)12-15-16-13(19-12)20-8(2)11(18)14-9-6-7-9/h8-10H,5-7H2,1-4H3,(H,14,18)/t8-,10+/m0/s1. The van der Waals surface area contributed by atoms with Crippen molar-refractivity contribution in [3.8, 4) is 0 Å². The number of aromatic nitrogens is 2. The summed E-state index contributed by atoms with van der Waals surface area (Å²) in [6.45, 7) is 3.93. The lowest BCUT2D eigenvalue weighted by Gasteiger charge is -2.18. The summed E-state index contributed by atoms with van der Waals surface area (Å²) in [5, 5.41) is 11.3. The monoisotopic (exact) mass is 298 g/mol. The van der Waals surface area contributed by atoms with Crippen molar-refractivity contribution in [3.05, 3.63) is 5.89 Å². The number of nitrogens with one attached hydrogen (secondary N) is 1. The molecule has 112 valence electrons. The molecule has 0 radical (unpaired) electrons. The van der Waals surface area contributed by atoms with E-state index in [0.717, 1.165) is 19.3 Å². The van der Waals surface area contributed by atoms with E-state index in [2.05, 4.69) is 22.4 Å². The lowest BCUT2D eigenvalue weighted by Crippen LogP contribution is -2.32. The summed E-state index contributed by atoms with van der Waals surface area (Å²) in [6, 6.07) is 0.495. The van der Waals surface area contributed by atoms with Crippen molar-refractivity contribution in [3.63, 3.8) is 0 Å². The fourth-order valence-electron chi connectivity index (χ4n) is 1.91. The van der Waals surface area contributed by atoms with E-state index >= 15 is 0 Å². The number of hydrogen-bond donors (Lipinski definition) is 1. The molecule has 1 heterocycles. The van der Waals surface area contributed by atoms with E-state index in [4.69, 9.17) is 4.42 Å². The van der Waals surface area contributed by atoms with Crippen molar-refractivity contribution < 1.29 is 9.21 Å². The van der Waals surface area contributed by atoms with Crippen LogP contribution in [0.1, 0.15) is 45.0 Å². The zero-order chi connectivity index (χ0) is 14.7. The second kappa shape index (κ2) is 6.58. The molecule has 2 atom stereocenters. The maximum Gasteiger partial charge on any atom is 0.277 e. The molecule has 0 aromatic carbocycles. The maximum absolute atomic E-state index is 11.9. The summed E-state index contributed by atoms with van der Waals surface area (Å²) in [5.74, 6) is 0.645. The first-order chi connectivity index (χ1) is 9.51. The molecule has 20 heavy (non-hydrogen) atoms. The minimum Gasteiger partial charge on any atom is -0.414 e. The van der Waals surface area contributed by atoms with Gasteiger partial charge in [-0.05, 0) is 40.3 Å². The lowest BCUT2D eigenvalue weighted by atomic mass is 10.2. The number of thioether (sulfide) groups is 1. The minimum atomic E-state index is -0.219. The van der Waals surface area contributed by atoms with Gasteiger partial charge in [-0.25, -0.2) is 0 Å². The molecule has 6 nitrogen and oxygen atoms in total. The first kappa shape index (κ1) is 15.3. The molecule has 1 saturated carbocycles. The summed E-state index contributed by atoms with van der Waals surface area (Å²) in [4.78, 5) is 13.9. The number of amides is 1. The zero-order valence-corrected chi connectivity index (χ0v) is 13.2. The number of nitrogens with zero attached hydrogens (tertiary/aromatic N) is 3. The first-order valence-corrected chi connectivity index (χ1v) is 7.86. The molecule has 1 fully saturated rings. The topological polar surface area (TPSA) is 71.3 Å². The van der Waals surface area contributed by atoms with E-state index < -0.39 is 0 Å². The first-order valence-electron chi connectivity index (χ1n) is 6.98. The Labute approximate surface area is 123 Å². The van der Waals surface area contributed by atoms with Crippen molar-refractivity contribution >= 4 is 17.7 Å². The zero-order valence-electron chi connectivity index (χ0n) is 12.4. The highest BCUT2D eigenvalue weighted by molar-refractivity contribution is 8.00. The van der Waals surface area contributed by atoms with Crippen LogP contribution in [0.4, 0.5) is 0 Å². The minimum absolute atomic E-state index is 0.0388. The smallest absolute Gasteiger partial charge is 0.277 e. The molecule has 0 bridgehead atoms. The van der Waals surface area contributed by atoms with Gasteiger partial charge in [-0.2, -0.15) is 0 Å². The highest BCUT2D eigenvalue weighted by Crippen LogP contribution is 2.27. The molecular weight excluding hydrogens is 276 g/mol. The van der Waals surface area contributed by atoms with Crippen molar-refractivity contribution in [1.82, 2.24) is 20.4 Å². The molecule has 0 saturated heterocycles. The van der Waals surface area contributed by atoms with Gasteiger partial charge in [0.1, 0.15) is 0 Å². The van der Waals surface area contributed by atoms with Crippen molar-refractivity contribution in [2.24, 2.45) is 0 Å². The molecule has 1 aromatic rings. The van der Waals surface area contributed by atoms with E-state index in [1.165, 1.54) is 11.8 Å². The molecule has 1 N–H and O–H groups in total. The number of rotatable bonds is 7. The Morgan fingerprint density at radius 2 is 2.20 bits per heavy atom. The average Bonchev–Trinajstić information content (AvgIpc) is 3.09. The largest absolute Gasteiger partial charge is 0.414 e. The third-order valence-electron chi connectivity index (χ3n) is 3.29. The van der Waals surface area contributed by atoms with Crippen LogP contribution in [0.3, 0.4) is 0 Å². The van der Waals surface area contributed by atoms with Crippen LogP contribution in [0.25, 0.3) is 0 Å². The molecule has 0 unspecified atom stereocenters. The molecule has 1 aliphatic rings.